The van der Waals surface area contributed by atoms with Gasteiger partial charge in [0.05, 0.1) is 10.6 Å². The summed E-state index contributed by atoms with van der Waals surface area (Å²) in [6, 6.07) is 12.3. The van der Waals surface area contributed by atoms with Crippen LogP contribution in [0.4, 0.5) is 0 Å². The van der Waals surface area contributed by atoms with Gasteiger partial charge in [0.25, 0.3) is 0 Å². The van der Waals surface area contributed by atoms with Crippen molar-refractivity contribution in [3.05, 3.63) is 77.4 Å². The van der Waals surface area contributed by atoms with Crippen LogP contribution in [-0.4, -0.2) is 8.42 Å². The van der Waals surface area contributed by atoms with Gasteiger partial charge in [-0.15, -0.1) is 4.28 Å². The Morgan fingerprint density at radius 1 is 1.17 bits per heavy atom. The summed E-state index contributed by atoms with van der Waals surface area (Å²) in [5.74, 6) is 0. The Labute approximate surface area is 136 Å². The molecule has 0 aliphatic heterocycles. The summed E-state index contributed by atoms with van der Waals surface area (Å²) in [4.78, 5) is 0.120. The number of nitrogens with one attached hydrogen (secondary N) is 1. The van der Waals surface area contributed by atoms with E-state index in [1.807, 2.05) is 31.2 Å². The molecular weight excluding hydrogens is 310 g/mol. The minimum atomic E-state index is -3.85. The zero-order valence-electron chi connectivity index (χ0n) is 12.7. The second-order valence-corrected chi connectivity index (χ2v) is 6.90. The third-order valence-electron chi connectivity index (χ3n) is 3.80. The van der Waals surface area contributed by atoms with Crippen LogP contribution in [-0.2, 0) is 20.8 Å². The minimum Gasteiger partial charge on any atom is -0.249 e. The molecule has 1 N–H and O–H groups in total. The highest BCUT2D eigenvalue weighted by Gasteiger charge is 2.20. The van der Waals surface area contributed by atoms with Crippen LogP contribution in [0.5, 0.6) is 0 Å². The van der Waals surface area contributed by atoms with E-state index in [4.69, 9.17) is 4.28 Å². The first-order valence-corrected chi connectivity index (χ1v) is 8.63. The Bertz CT molecular complexity index is 881. The molecule has 0 heterocycles. The molecule has 1 aliphatic carbocycles. The lowest BCUT2D eigenvalue weighted by molar-refractivity contribution is 0.259. The molecule has 0 aromatic heterocycles. The predicted octanol–water partition coefficient (Wildman–Crippen LogP) is 3.45. The van der Waals surface area contributed by atoms with Crippen molar-refractivity contribution in [2.45, 2.75) is 18.2 Å². The van der Waals surface area contributed by atoms with Gasteiger partial charge in [0.2, 0.25) is 0 Å². The van der Waals surface area contributed by atoms with E-state index >= 15 is 0 Å². The molecule has 0 spiro atoms. The quantitative estimate of drug-likeness (QED) is 0.855. The largest absolute Gasteiger partial charge is 0.317 e. The van der Waals surface area contributed by atoms with E-state index in [2.05, 4.69) is 12.1 Å². The molecule has 1 aliphatic rings. The van der Waals surface area contributed by atoms with Crippen LogP contribution in [0, 0.1) is 6.92 Å². The Hall–Kier alpha value is -2.37. The highest BCUT2D eigenvalue weighted by atomic mass is 32.2. The van der Waals surface area contributed by atoms with E-state index in [1.165, 1.54) is 12.1 Å². The SMILES string of the molecule is C=Cc1cccc2c1CC=C2NOS(=O)(=O)c1ccc(C)cc1. The summed E-state index contributed by atoms with van der Waals surface area (Å²) in [5, 5.41) is 0. The third-order valence-corrected chi connectivity index (χ3v) is 4.96. The number of hydrogen-bond acceptors (Lipinski definition) is 4. The summed E-state index contributed by atoms with van der Waals surface area (Å²) in [6.45, 7) is 5.69. The van der Waals surface area contributed by atoms with Gasteiger partial charge >= 0.3 is 10.1 Å². The molecule has 3 rings (SSSR count). The topological polar surface area (TPSA) is 55.4 Å². The van der Waals surface area contributed by atoms with Crippen LogP contribution in [0.2, 0.25) is 0 Å². The molecule has 0 saturated carbocycles. The zero-order chi connectivity index (χ0) is 16.4. The van der Waals surface area contributed by atoms with E-state index < -0.39 is 10.1 Å². The smallest absolute Gasteiger partial charge is 0.249 e. The third kappa shape index (κ3) is 3.06. The maximum atomic E-state index is 12.2. The maximum Gasteiger partial charge on any atom is 0.317 e. The number of hydroxylamine groups is 1. The average molecular weight is 327 g/mol. The summed E-state index contributed by atoms with van der Waals surface area (Å²) in [7, 11) is -3.85. The lowest BCUT2D eigenvalue weighted by atomic mass is 10.0. The number of hydrogen-bond donors (Lipinski definition) is 1. The Morgan fingerprint density at radius 2 is 1.91 bits per heavy atom. The number of aryl methyl sites for hydroxylation is 1. The Kier molecular flexibility index (Phi) is 4.07. The van der Waals surface area contributed by atoms with Gasteiger partial charge in [-0.25, -0.2) is 5.48 Å². The van der Waals surface area contributed by atoms with Gasteiger partial charge < -0.3 is 0 Å². The fraction of sp³-hybridized carbons (Fsp3) is 0.111. The van der Waals surface area contributed by atoms with E-state index in [1.54, 1.807) is 18.2 Å². The standard InChI is InChI=1S/C18H17NO3S/c1-3-14-5-4-6-17-16(14)11-12-18(17)19-22-23(20,21)15-9-7-13(2)8-10-15/h3-10,12,19H,1,11H2,2H3. The zero-order valence-corrected chi connectivity index (χ0v) is 13.6. The molecule has 0 fully saturated rings. The van der Waals surface area contributed by atoms with Gasteiger partial charge in [0.15, 0.2) is 0 Å². The predicted molar refractivity (Wildman–Crippen MR) is 90.8 cm³/mol. The summed E-state index contributed by atoms with van der Waals surface area (Å²) in [6.07, 6.45) is 4.41. The molecule has 0 unspecified atom stereocenters. The fourth-order valence-electron chi connectivity index (χ4n) is 2.54. The normalized spacial score (nSPS) is 13.3. The molecule has 0 amide bonds. The number of fused-ring (bicyclic) bond motifs is 1. The molecule has 5 heteroatoms. The lowest BCUT2D eigenvalue weighted by Gasteiger charge is -2.11. The first kappa shape index (κ1) is 15.5. The van der Waals surface area contributed by atoms with Crippen molar-refractivity contribution in [3.63, 3.8) is 0 Å². The Morgan fingerprint density at radius 3 is 2.61 bits per heavy atom. The highest BCUT2D eigenvalue weighted by molar-refractivity contribution is 7.86. The summed E-state index contributed by atoms with van der Waals surface area (Å²) < 4.78 is 29.4. The second-order valence-electron chi connectivity index (χ2n) is 5.35. The van der Waals surface area contributed by atoms with E-state index in [0.717, 1.165) is 22.3 Å². The van der Waals surface area contributed by atoms with Gasteiger partial charge in [0, 0.05) is 5.56 Å². The van der Waals surface area contributed by atoms with Crippen molar-refractivity contribution in [1.82, 2.24) is 5.48 Å². The van der Waals surface area contributed by atoms with Crippen LogP contribution in [0.25, 0.3) is 11.8 Å². The van der Waals surface area contributed by atoms with E-state index in [9.17, 15) is 8.42 Å². The molecule has 0 atom stereocenters. The van der Waals surface area contributed by atoms with Crippen molar-refractivity contribution in [3.8, 4) is 0 Å². The van der Waals surface area contributed by atoms with Crippen LogP contribution in [0.15, 0.2) is 60.0 Å². The van der Waals surface area contributed by atoms with Gasteiger partial charge in [-0.05, 0) is 36.6 Å². The molecule has 4 nitrogen and oxygen atoms in total. The van der Waals surface area contributed by atoms with Crippen molar-refractivity contribution in [2.75, 3.05) is 0 Å². The number of benzene rings is 2. The average Bonchev–Trinajstić information content (AvgIpc) is 2.96. The second kappa shape index (κ2) is 6.02. The first-order valence-electron chi connectivity index (χ1n) is 7.22. The lowest BCUT2D eigenvalue weighted by Crippen LogP contribution is -2.18. The molecule has 2 aromatic rings. The van der Waals surface area contributed by atoms with Crippen LogP contribution >= 0.6 is 0 Å². The van der Waals surface area contributed by atoms with Crippen LogP contribution < -0.4 is 5.48 Å². The molecule has 0 radical (unpaired) electrons. The molecule has 118 valence electrons. The fourth-order valence-corrected chi connectivity index (χ4v) is 3.30. The molecule has 0 bridgehead atoms. The molecule has 23 heavy (non-hydrogen) atoms. The highest BCUT2D eigenvalue weighted by Crippen LogP contribution is 2.29. The van der Waals surface area contributed by atoms with Gasteiger partial charge in [-0.1, -0.05) is 54.6 Å². The first-order chi connectivity index (χ1) is 11.0. The van der Waals surface area contributed by atoms with Crippen molar-refractivity contribution >= 4 is 21.9 Å². The molecule has 0 saturated heterocycles. The van der Waals surface area contributed by atoms with E-state index in [0.29, 0.717) is 12.1 Å². The van der Waals surface area contributed by atoms with Gasteiger partial charge in [-0.2, -0.15) is 8.42 Å². The van der Waals surface area contributed by atoms with Crippen LogP contribution in [0.1, 0.15) is 22.3 Å². The van der Waals surface area contributed by atoms with Crippen molar-refractivity contribution in [2.24, 2.45) is 0 Å². The number of allylic oxidation sites excluding steroid dienone is 1. The van der Waals surface area contributed by atoms with Gasteiger partial charge in [-0.3, -0.25) is 0 Å². The summed E-state index contributed by atoms with van der Waals surface area (Å²) >= 11 is 0. The minimum absolute atomic E-state index is 0.120. The monoisotopic (exact) mass is 327 g/mol. The molecular formula is C18H17NO3S. The van der Waals surface area contributed by atoms with Crippen molar-refractivity contribution in [1.29, 1.82) is 0 Å². The van der Waals surface area contributed by atoms with Crippen molar-refractivity contribution < 1.29 is 12.7 Å². The van der Waals surface area contributed by atoms with Crippen LogP contribution in [0.3, 0.4) is 0 Å². The maximum absolute atomic E-state index is 12.2. The van der Waals surface area contributed by atoms with E-state index in [-0.39, 0.29) is 4.90 Å². The Balaban J connectivity index is 1.78. The molecule has 2 aromatic carbocycles. The number of rotatable bonds is 5. The van der Waals surface area contributed by atoms with Gasteiger partial charge in [0.1, 0.15) is 0 Å². The summed E-state index contributed by atoms with van der Waals surface area (Å²) in [5.41, 5.74) is 7.30.